The molecule has 30 heavy (non-hydrogen) atoms. The van der Waals surface area contributed by atoms with Crippen molar-refractivity contribution in [3.05, 3.63) is 60.2 Å². The smallest absolute Gasteiger partial charge is 0.258 e. The van der Waals surface area contributed by atoms with E-state index in [1.54, 1.807) is 4.90 Å². The number of amides is 1. The highest BCUT2D eigenvalue weighted by Crippen LogP contribution is 2.18. The van der Waals surface area contributed by atoms with Crippen molar-refractivity contribution in [3.8, 4) is 11.5 Å². The molecule has 2 N–H and O–H groups in total. The lowest BCUT2D eigenvalue weighted by molar-refractivity contribution is -0.914. The van der Waals surface area contributed by atoms with E-state index in [2.05, 4.69) is 19.2 Å². The molecular formula is C24H33N2O4+. The molecule has 1 unspecified atom stereocenters. The van der Waals surface area contributed by atoms with E-state index in [0.717, 1.165) is 37.6 Å². The summed E-state index contributed by atoms with van der Waals surface area (Å²) in [5.41, 5.74) is 1.12. The molecule has 2 aromatic carbocycles. The molecule has 1 saturated heterocycles. The van der Waals surface area contributed by atoms with Crippen LogP contribution in [0.4, 0.5) is 0 Å². The van der Waals surface area contributed by atoms with Gasteiger partial charge in [0.25, 0.3) is 5.91 Å². The fourth-order valence-corrected chi connectivity index (χ4v) is 3.55. The van der Waals surface area contributed by atoms with Crippen LogP contribution in [0.2, 0.25) is 0 Å². The molecule has 0 radical (unpaired) electrons. The summed E-state index contributed by atoms with van der Waals surface area (Å²) >= 11 is 0. The van der Waals surface area contributed by atoms with Crippen molar-refractivity contribution in [2.45, 2.75) is 26.6 Å². The van der Waals surface area contributed by atoms with Crippen LogP contribution in [0.5, 0.6) is 11.5 Å². The monoisotopic (exact) mass is 413 g/mol. The SMILES string of the molecule is CC(C)C[NH+]1CCO[C@H](CNC(=O)COc2ccc(OCc3ccccc3)cc2)C1. The molecule has 162 valence electrons. The summed E-state index contributed by atoms with van der Waals surface area (Å²) in [7, 11) is 0. The first-order chi connectivity index (χ1) is 14.6. The fourth-order valence-electron chi connectivity index (χ4n) is 3.55. The van der Waals surface area contributed by atoms with Crippen LogP contribution < -0.4 is 19.7 Å². The van der Waals surface area contributed by atoms with E-state index in [-0.39, 0.29) is 18.6 Å². The number of morpholine rings is 1. The number of carbonyl (C=O) groups is 1. The summed E-state index contributed by atoms with van der Waals surface area (Å²) < 4.78 is 17.1. The minimum Gasteiger partial charge on any atom is -0.489 e. The van der Waals surface area contributed by atoms with Crippen molar-refractivity contribution in [3.63, 3.8) is 0 Å². The number of benzene rings is 2. The highest BCUT2D eigenvalue weighted by Gasteiger charge is 2.24. The van der Waals surface area contributed by atoms with Crippen molar-refractivity contribution < 1.29 is 23.9 Å². The Bertz CT molecular complexity index is 765. The molecule has 1 aliphatic heterocycles. The largest absolute Gasteiger partial charge is 0.489 e. The van der Waals surface area contributed by atoms with E-state index in [9.17, 15) is 4.79 Å². The van der Waals surface area contributed by atoms with Gasteiger partial charge in [0.1, 0.15) is 37.3 Å². The summed E-state index contributed by atoms with van der Waals surface area (Å²) in [6.07, 6.45) is 0.0671. The van der Waals surface area contributed by atoms with Crippen LogP contribution in [0.3, 0.4) is 0 Å². The van der Waals surface area contributed by atoms with Gasteiger partial charge in [-0.25, -0.2) is 0 Å². The fraction of sp³-hybridized carbons (Fsp3) is 0.458. The first kappa shape index (κ1) is 22.1. The Morgan fingerprint density at radius 2 is 1.80 bits per heavy atom. The number of quaternary nitrogens is 1. The lowest BCUT2D eigenvalue weighted by Gasteiger charge is -2.31. The quantitative estimate of drug-likeness (QED) is 0.623. The van der Waals surface area contributed by atoms with Gasteiger partial charge in [0.2, 0.25) is 0 Å². The van der Waals surface area contributed by atoms with Crippen LogP contribution in [-0.4, -0.2) is 51.4 Å². The molecular weight excluding hydrogens is 380 g/mol. The third kappa shape index (κ3) is 7.69. The van der Waals surface area contributed by atoms with Gasteiger partial charge in [0.05, 0.1) is 13.2 Å². The molecule has 0 aliphatic carbocycles. The second-order valence-electron chi connectivity index (χ2n) is 8.13. The third-order valence-electron chi connectivity index (χ3n) is 4.99. The van der Waals surface area contributed by atoms with Crippen LogP contribution in [0.25, 0.3) is 0 Å². The number of rotatable bonds is 10. The molecule has 6 heteroatoms. The summed E-state index contributed by atoms with van der Waals surface area (Å²) in [5.74, 6) is 1.92. The van der Waals surface area contributed by atoms with Gasteiger partial charge in [-0.3, -0.25) is 4.79 Å². The molecule has 2 atom stereocenters. The lowest BCUT2D eigenvalue weighted by atomic mass is 10.2. The Kier molecular flexibility index (Phi) is 8.53. The van der Waals surface area contributed by atoms with Crippen molar-refractivity contribution in [1.29, 1.82) is 0 Å². The van der Waals surface area contributed by atoms with Gasteiger partial charge < -0.3 is 24.4 Å². The van der Waals surface area contributed by atoms with E-state index in [1.165, 1.54) is 0 Å². The lowest BCUT2D eigenvalue weighted by Crippen LogP contribution is -3.15. The molecule has 0 saturated carbocycles. The summed E-state index contributed by atoms with van der Waals surface area (Å²) in [6, 6.07) is 17.3. The van der Waals surface area contributed by atoms with Crippen LogP contribution in [0.1, 0.15) is 19.4 Å². The second kappa shape index (κ2) is 11.6. The Morgan fingerprint density at radius 1 is 1.10 bits per heavy atom. The minimum atomic E-state index is -0.140. The van der Waals surface area contributed by atoms with Gasteiger partial charge in [0.15, 0.2) is 6.61 Å². The molecule has 6 nitrogen and oxygen atoms in total. The maximum atomic E-state index is 12.1. The Labute approximate surface area is 179 Å². The van der Waals surface area contributed by atoms with Gasteiger partial charge in [-0.2, -0.15) is 0 Å². The zero-order valence-corrected chi connectivity index (χ0v) is 17.9. The second-order valence-corrected chi connectivity index (χ2v) is 8.13. The number of ether oxygens (including phenoxy) is 3. The van der Waals surface area contributed by atoms with Gasteiger partial charge in [-0.1, -0.05) is 44.2 Å². The predicted octanol–water partition coefficient (Wildman–Crippen LogP) is 1.70. The van der Waals surface area contributed by atoms with E-state index < -0.39 is 0 Å². The predicted molar refractivity (Wildman–Crippen MR) is 116 cm³/mol. The maximum Gasteiger partial charge on any atom is 0.258 e. The topological polar surface area (TPSA) is 61.2 Å². The molecule has 1 amide bonds. The number of hydrogen-bond donors (Lipinski definition) is 2. The first-order valence-corrected chi connectivity index (χ1v) is 10.7. The average Bonchev–Trinajstić information content (AvgIpc) is 2.76. The molecule has 0 spiro atoms. The van der Waals surface area contributed by atoms with Crippen LogP contribution >= 0.6 is 0 Å². The van der Waals surface area contributed by atoms with E-state index in [1.807, 2.05) is 54.6 Å². The number of carbonyl (C=O) groups excluding carboxylic acids is 1. The summed E-state index contributed by atoms with van der Waals surface area (Å²) in [4.78, 5) is 13.7. The maximum absolute atomic E-state index is 12.1. The van der Waals surface area contributed by atoms with E-state index in [0.29, 0.717) is 24.8 Å². The summed E-state index contributed by atoms with van der Waals surface area (Å²) in [6.45, 7) is 9.36. The third-order valence-corrected chi connectivity index (χ3v) is 4.99. The minimum absolute atomic E-state index is 0.0144. The average molecular weight is 414 g/mol. The van der Waals surface area contributed by atoms with Crippen LogP contribution in [0.15, 0.2) is 54.6 Å². The van der Waals surface area contributed by atoms with E-state index >= 15 is 0 Å². The molecule has 3 rings (SSSR count). The first-order valence-electron chi connectivity index (χ1n) is 10.7. The van der Waals surface area contributed by atoms with Crippen molar-refractivity contribution in [2.75, 3.05) is 39.4 Å². The van der Waals surface area contributed by atoms with Crippen molar-refractivity contribution in [2.24, 2.45) is 5.92 Å². The standard InChI is InChI=1S/C24H32N2O4/c1-19(2)15-26-12-13-28-23(16-26)14-25-24(27)18-30-22-10-8-21(9-11-22)29-17-20-6-4-3-5-7-20/h3-11,19,23H,12-18H2,1-2H3,(H,25,27)/p+1/t23-/m1/s1. The normalized spacial score (nSPS) is 18.8. The van der Waals surface area contributed by atoms with Gasteiger partial charge in [-0.15, -0.1) is 0 Å². The molecule has 0 bridgehead atoms. The molecule has 0 aromatic heterocycles. The van der Waals surface area contributed by atoms with E-state index in [4.69, 9.17) is 14.2 Å². The summed E-state index contributed by atoms with van der Waals surface area (Å²) in [5, 5.41) is 2.92. The van der Waals surface area contributed by atoms with Crippen LogP contribution in [0, 0.1) is 5.92 Å². The molecule has 1 fully saturated rings. The Hall–Kier alpha value is -2.57. The van der Waals surface area contributed by atoms with Crippen molar-refractivity contribution in [1.82, 2.24) is 5.32 Å². The van der Waals surface area contributed by atoms with Gasteiger partial charge in [0, 0.05) is 12.5 Å². The molecule has 1 heterocycles. The zero-order chi connectivity index (χ0) is 21.2. The zero-order valence-electron chi connectivity index (χ0n) is 17.9. The molecule has 1 aliphatic rings. The van der Waals surface area contributed by atoms with Crippen LogP contribution in [-0.2, 0) is 16.1 Å². The highest BCUT2D eigenvalue weighted by molar-refractivity contribution is 5.77. The highest BCUT2D eigenvalue weighted by atomic mass is 16.5. The Balaban J connectivity index is 1.34. The van der Waals surface area contributed by atoms with Gasteiger partial charge in [-0.05, 0) is 29.8 Å². The Morgan fingerprint density at radius 3 is 2.50 bits per heavy atom. The molecule has 2 aromatic rings. The number of nitrogens with one attached hydrogen (secondary N) is 2. The van der Waals surface area contributed by atoms with Gasteiger partial charge >= 0.3 is 0 Å². The number of hydrogen-bond acceptors (Lipinski definition) is 4. The van der Waals surface area contributed by atoms with Crippen molar-refractivity contribution >= 4 is 5.91 Å².